The van der Waals surface area contributed by atoms with E-state index in [0.717, 1.165) is 53.5 Å². The van der Waals surface area contributed by atoms with E-state index in [2.05, 4.69) is 113 Å². The van der Waals surface area contributed by atoms with Crippen LogP contribution in [0.2, 0.25) is 18.1 Å². The van der Waals surface area contributed by atoms with Gasteiger partial charge < -0.3 is 9.16 Å². The first kappa shape index (κ1) is 33.5. The minimum atomic E-state index is -2.13. The van der Waals surface area contributed by atoms with Crippen molar-refractivity contribution in [2.24, 2.45) is 11.3 Å². The summed E-state index contributed by atoms with van der Waals surface area (Å²) in [6.45, 7) is 11.8. The average Bonchev–Trinajstić information content (AvgIpc) is 3.58. The van der Waals surface area contributed by atoms with E-state index < -0.39 is 19.3 Å². The van der Waals surface area contributed by atoms with Crippen LogP contribution in [0.4, 0.5) is 0 Å². The molecule has 0 bridgehead atoms. The number of rotatable bonds is 10. The highest BCUT2D eigenvalue weighted by Crippen LogP contribution is 2.60. The number of ether oxygens (including phenoxy) is 1. The number of ketones is 2. The maximum atomic E-state index is 14.0. The minimum Gasteiger partial charge on any atom is -0.413 e. The third kappa shape index (κ3) is 6.07. The molecule has 5 heteroatoms. The maximum absolute atomic E-state index is 14.0. The lowest BCUT2D eigenvalue weighted by Gasteiger charge is -2.47. The SMILES string of the molecule is CC(C)(C)[Si](C)(C)O[C@H]1CCCC(=O)[C@]12CC[C@H]1CC(=O)C(/C=C/CCOC(c3ccccc3)(c3ccccc3)c3ccccc3)=C12. The van der Waals surface area contributed by atoms with Gasteiger partial charge in [-0.1, -0.05) is 124 Å². The molecule has 6 rings (SSSR count). The fraction of sp³-hybridized carbons (Fsp3) is 0.429. The molecule has 246 valence electrons. The Kier molecular flexibility index (Phi) is 9.45. The molecule has 0 unspecified atom stereocenters. The Hall–Kier alpha value is -3.38. The summed E-state index contributed by atoms with van der Waals surface area (Å²) < 4.78 is 14.1. The first-order valence-corrected chi connectivity index (χ1v) is 20.4. The zero-order valence-corrected chi connectivity index (χ0v) is 29.8. The van der Waals surface area contributed by atoms with E-state index in [1.54, 1.807) is 0 Å². The molecule has 0 aliphatic heterocycles. The van der Waals surface area contributed by atoms with E-state index in [-0.39, 0.29) is 28.6 Å². The number of carbonyl (C=O) groups is 2. The second-order valence-electron chi connectivity index (χ2n) is 15.2. The Morgan fingerprint density at radius 2 is 1.38 bits per heavy atom. The summed E-state index contributed by atoms with van der Waals surface area (Å²) in [4.78, 5) is 27.6. The van der Waals surface area contributed by atoms with E-state index in [1.165, 1.54) is 0 Å². The first-order chi connectivity index (χ1) is 22.5. The summed E-state index contributed by atoms with van der Waals surface area (Å²) in [5.74, 6) is 0.595. The molecule has 0 heterocycles. The molecular formula is C42H50O4Si. The maximum Gasteiger partial charge on any atom is 0.192 e. The van der Waals surface area contributed by atoms with Crippen LogP contribution in [0.25, 0.3) is 0 Å². The van der Waals surface area contributed by atoms with Gasteiger partial charge in [-0.05, 0) is 78.4 Å². The number of hydrogen-bond donors (Lipinski definition) is 0. The van der Waals surface area contributed by atoms with E-state index in [1.807, 2.05) is 24.3 Å². The molecule has 47 heavy (non-hydrogen) atoms. The molecule has 0 N–H and O–H groups in total. The van der Waals surface area contributed by atoms with Crippen molar-refractivity contribution in [3.8, 4) is 0 Å². The van der Waals surface area contributed by atoms with Gasteiger partial charge in [0.05, 0.1) is 18.1 Å². The molecule has 0 aromatic heterocycles. The standard InChI is InChI=1S/C42H50O4Si/c1-40(2,3)47(4,5)46-38-26-17-25-37(44)41(38)28-27-31-30-36(43)35(39(31)41)24-15-16-29-45-42(32-18-9-6-10-19-32,33-20-11-7-12-21-33)34-22-13-8-14-23-34/h6-15,18-24,31,38H,16-17,25-30H2,1-5H3/b24-15+/t31-,38-,41+/m0/s1. The highest BCUT2D eigenvalue weighted by Gasteiger charge is 2.60. The minimum absolute atomic E-state index is 0.0454. The smallest absolute Gasteiger partial charge is 0.192 e. The zero-order valence-electron chi connectivity index (χ0n) is 28.8. The van der Waals surface area contributed by atoms with Crippen molar-refractivity contribution in [2.45, 2.75) is 95.6 Å². The van der Waals surface area contributed by atoms with Crippen LogP contribution in [0.15, 0.2) is 114 Å². The van der Waals surface area contributed by atoms with E-state index >= 15 is 0 Å². The summed E-state index contributed by atoms with van der Waals surface area (Å²) >= 11 is 0. The van der Waals surface area contributed by atoms with Gasteiger partial charge in [-0.2, -0.15) is 0 Å². The summed E-state index contributed by atoms with van der Waals surface area (Å²) in [5, 5.41) is 0.0454. The van der Waals surface area contributed by atoms with Crippen LogP contribution in [0, 0.1) is 11.3 Å². The molecular weight excluding hydrogens is 597 g/mol. The van der Waals surface area contributed by atoms with Crippen molar-refractivity contribution in [3.05, 3.63) is 131 Å². The van der Waals surface area contributed by atoms with Gasteiger partial charge in [-0.25, -0.2) is 0 Å². The van der Waals surface area contributed by atoms with Crippen LogP contribution in [-0.2, 0) is 24.4 Å². The molecule has 3 aromatic rings. The van der Waals surface area contributed by atoms with Crippen molar-refractivity contribution in [3.63, 3.8) is 0 Å². The van der Waals surface area contributed by atoms with E-state index in [0.29, 0.717) is 25.9 Å². The van der Waals surface area contributed by atoms with Crippen molar-refractivity contribution in [1.82, 2.24) is 0 Å². The van der Waals surface area contributed by atoms with Gasteiger partial charge in [0.15, 0.2) is 14.1 Å². The third-order valence-electron chi connectivity index (χ3n) is 11.4. The number of benzene rings is 3. The number of hydrogen-bond acceptors (Lipinski definition) is 4. The summed E-state index contributed by atoms with van der Waals surface area (Å²) in [6, 6.07) is 31.2. The highest BCUT2D eigenvalue weighted by atomic mass is 28.4. The Morgan fingerprint density at radius 1 is 0.830 bits per heavy atom. The number of Topliss-reactive ketones (excluding diaryl/α,β-unsaturated/α-hetero) is 2. The monoisotopic (exact) mass is 646 g/mol. The summed E-state index contributed by atoms with van der Waals surface area (Å²) in [7, 11) is -2.13. The van der Waals surface area contributed by atoms with Gasteiger partial charge in [0.25, 0.3) is 0 Å². The lowest BCUT2D eigenvalue weighted by atomic mass is 9.66. The van der Waals surface area contributed by atoms with Crippen LogP contribution in [-0.4, -0.2) is 32.6 Å². The molecule has 0 saturated heterocycles. The fourth-order valence-electron chi connectivity index (χ4n) is 8.04. The van der Waals surface area contributed by atoms with E-state index in [4.69, 9.17) is 9.16 Å². The lowest BCUT2D eigenvalue weighted by molar-refractivity contribution is -0.135. The third-order valence-corrected chi connectivity index (χ3v) is 15.9. The largest absolute Gasteiger partial charge is 0.413 e. The second kappa shape index (κ2) is 13.3. The van der Waals surface area contributed by atoms with Gasteiger partial charge in [0.1, 0.15) is 11.4 Å². The van der Waals surface area contributed by atoms with Crippen LogP contribution < -0.4 is 0 Å². The lowest BCUT2D eigenvalue weighted by Crippen LogP contribution is -2.53. The predicted octanol–water partition coefficient (Wildman–Crippen LogP) is 9.75. The van der Waals surface area contributed by atoms with Gasteiger partial charge in [-0.3, -0.25) is 9.59 Å². The Morgan fingerprint density at radius 3 is 1.91 bits per heavy atom. The fourth-order valence-corrected chi connectivity index (χ4v) is 9.42. The van der Waals surface area contributed by atoms with Crippen LogP contribution in [0.1, 0.15) is 82.4 Å². The van der Waals surface area contributed by atoms with Crippen molar-refractivity contribution in [2.75, 3.05) is 6.61 Å². The van der Waals surface area contributed by atoms with Gasteiger partial charge in [-0.15, -0.1) is 0 Å². The molecule has 2 saturated carbocycles. The topological polar surface area (TPSA) is 52.6 Å². The molecule has 4 nitrogen and oxygen atoms in total. The summed E-state index contributed by atoms with van der Waals surface area (Å²) in [6.07, 6.45) is 9.09. The number of carbonyl (C=O) groups excluding carboxylic acids is 2. The Bertz CT molecular complexity index is 1540. The Balaban J connectivity index is 1.30. The molecule has 0 amide bonds. The normalized spacial score (nSPS) is 23.7. The molecule has 3 aliphatic rings. The van der Waals surface area contributed by atoms with Gasteiger partial charge in [0, 0.05) is 18.4 Å². The average molecular weight is 647 g/mol. The zero-order chi connectivity index (χ0) is 33.3. The van der Waals surface area contributed by atoms with Crippen molar-refractivity contribution >= 4 is 19.9 Å². The second-order valence-corrected chi connectivity index (χ2v) is 19.9. The van der Waals surface area contributed by atoms with Crippen LogP contribution >= 0.6 is 0 Å². The predicted molar refractivity (Wildman–Crippen MR) is 192 cm³/mol. The van der Waals surface area contributed by atoms with Crippen molar-refractivity contribution in [1.29, 1.82) is 0 Å². The Labute approximate surface area is 282 Å². The van der Waals surface area contributed by atoms with Crippen molar-refractivity contribution < 1.29 is 18.8 Å². The molecule has 1 spiro atoms. The number of allylic oxidation sites excluding steroid dienone is 2. The van der Waals surface area contributed by atoms with Gasteiger partial charge in [0.2, 0.25) is 0 Å². The van der Waals surface area contributed by atoms with Crippen LogP contribution in [0.5, 0.6) is 0 Å². The van der Waals surface area contributed by atoms with Gasteiger partial charge >= 0.3 is 0 Å². The molecule has 3 atom stereocenters. The number of fused-ring (bicyclic) bond motifs is 2. The highest BCUT2D eigenvalue weighted by molar-refractivity contribution is 6.74. The molecule has 0 radical (unpaired) electrons. The molecule has 3 aliphatic carbocycles. The summed E-state index contributed by atoms with van der Waals surface area (Å²) in [5.41, 5.74) is 3.59. The first-order valence-electron chi connectivity index (χ1n) is 17.5. The molecule has 3 aromatic carbocycles. The quantitative estimate of drug-likeness (QED) is 0.125. The van der Waals surface area contributed by atoms with Crippen LogP contribution in [0.3, 0.4) is 0 Å². The molecule has 2 fully saturated rings. The van der Waals surface area contributed by atoms with E-state index in [9.17, 15) is 9.59 Å².